The lowest BCUT2D eigenvalue weighted by atomic mass is 10.1. The molecule has 2 heterocycles. The molecule has 178 valence electrons. The highest BCUT2D eigenvalue weighted by molar-refractivity contribution is 7.92. The van der Waals surface area contributed by atoms with Crippen LogP contribution < -0.4 is 0 Å². The first-order chi connectivity index (χ1) is 16.2. The van der Waals surface area contributed by atoms with Gasteiger partial charge >= 0.3 is 0 Å². The Kier molecular flexibility index (Phi) is 6.27. The van der Waals surface area contributed by atoms with Crippen molar-refractivity contribution in [2.45, 2.75) is 52.8 Å². The zero-order valence-corrected chi connectivity index (χ0v) is 21.3. The highest BCUT2D eigenvalue weighted by Crippen LogP contribution is 2.43. The van der Waals surface area contributed by atoms with Crippen molar-refractivity contribution in [3.63, 3.8) is 0 Å². The number of halogens is 2. The summed E-state index contributed by atoms with van der Waals surface area (Å²) in [5, 5.41) is 0.432. The number of hydrogen-bond donors (Lipinski definition) is 0. The summed E-state index contributed by atoms with van der Waals surface area (Å²) >= 11 is 12.2. The zero-order valence-electron chi connectivity index (χ0n) is 18.1. The Hall–Kier alpha value is -1.90. The molecule has 2 unspecified atom stereocenters. The maximum absolute atomic E-state index is 13.6. The van der Waals surface area contributed by atoms with Crippen LogP contribution in [0.4, 0.5) is 0 Å². The number of nitrogens with zero attached hydrogens (tertiary/aromatic N) is 1. The van der Waals surface area contributed by atoms with Crippen LogP contribution in [-0.4, -0.2) is 38.5 Å². The largest absolute Gasteiger partial charge is 0.243 e. The van der Waals surface area contributed by atoms with E-state index in [1.165, 1.54) is 0 Å². The molecule has 2 bridgehead atoms. The SMILES string of the molecule is O=S(=O)(c1ccccc1)C1CC2CCC(C1)N2S(=O)(=O)c1ccc(-c2cc(Cl)cc(Cl)c2)cc1. The van der Waals surface area contributed by atoms with Crippen LogP contribution in [0.15, 0.2) is 82.6 Å². The van der Waals surface area contributed by atoms with E-state index < -0.39 is 25.1 Å². The summed E-state index contributed by atoms with van der Waals surface area (Å²) in [5.41, 5.74) is 1.60. The Morgan fingerprint density at radius 2 is 1.24 bits per heavy atom. The molecule has 0 radical (unpaired) electrons. The van der Waals surface area contributed by atoms with Crippen molar-refractivity contribution in [2.75, 3.05) is 0 Å². The molecule has 3 aromatic carbocycles. The van der Waals surface area contributed by atoms with Gasteiger partial charge in [-0.15, -0.1) is 0 Å². The van der Waals surface area contributed by atoms with E-state index in [1.54, 1.807) is 77.1 Å². The minimum atomic E-state index is -3.76. The Balaban J connectivity index is 1.39. The van der Waals surface area contributed by atoms with Gasteiger partial charge in [0.25, 0.3) is 0 Å². The Morgan fingerprint density at radius 3 is 1.79 bits per heavy atom. The molecule has 2 atom stereocenters. The van der Waals surface area contributed by atoms with Crippen molar-refractivity contribution in [2.24, 2.45) is 0 Å². The number of hydrogen-bond acceptors (Lipinski definition) is 4. The van der Waals surface area contributed by atoms with Gasteiger partial charge in [0.05, 0.1) is 15.0 Å². The molecule has 0 saturated carbocycles. The molecule has 2 saturated heterocycles. The number of rotatable bonds is 5. The molecule has 2 aliphatic rings. The standard InChI is InChI=1S/C25H23Cl2NO4S2/c26-19-12-18(13-20(27)14-19)17-6-10-24(11-7-17)34(31,32)28-21-8-9-22(28)16-25(15-21)33(29,30)23-4-2-1-3-5-23/h1-7,10-14,21-22,25H,8-9,15-16H2. The van der Waals surface area contributed by atoms with Crippen LogP contribution in [0.25, 0.3) is 11.1 Å². The first kappa shape index (κ1) is 23.8. The monoisotopic (exact) mass is 535 g/mol. The number of piperidine rings is 1. The molecule has 2 aliphatic heterocycles. The number of benzene rings is 3. The van der Waals surface area contributed by atoms with Gasteiger partial charge in [-0.2, -0.15) is 4.31 Å². The minimum absolute atomic E-state index is 0.200. The van der Waals surface area contributed by atoms with Crippen molar-refractivity contribution in [3.05, 3.63) is 82.8 Å². The smallest absolute Gasteiger partial charge is 0.223 e. The van der Waals surface area contributed by atoms with Crippen molar-refractivity contribution in [1.29, 1.82) is 0 Å². The Labute approximate surface area is 210 Å². The van der Waals surface area contributed by atoms with Crippen LogP contribution in [0, 0.1) is 0 Å². The van der Waals surface area contributed by atoms with Crippen molar-refractivity contribution >= 4 is 43.1 Å². The maximum Gasteiger partial charge on any atom is 0.243 e. The highest BCUT2D eigenvalue weighted by atomic mass is 35.5. The first-order valence-corrected chi connectivity index (χ1v) is 14.8. The Bertz CT molecular complexity index is 1390. The van der Waals surface area contributed by atoms with Gasteiger partial charge in [-0.05, 0) is 79.3 Å². The second-order valence-electron chi connectivity index (χ2n) is 8.85. The molecule has 0 aliphatic carbocycles. The lowest BCUT2D eigenvalue weighted by Crippen LogP contribution is -2.49. The van der Waals surface area contributed by atoms with Crippen molar-refractivity contribution in [1.82, 2.24) is 4.31 Å². The normalized spacial score (nSPS) is 23.2. The number of sulfonamides is 1. The average Bonchev–Trinajstić information content (AvgIpc) is 3.09. The molecular weight excluding hydrogens is 513 g/mol. The topological polar surface area (TPSA) is 71.5 Å². The molecule has 9 heteroatoms. The molecule has 2 fully saturated rings. The third-order valence-electron chi connectivity index (χ3n) is 6.76. The predicted molar refractivity (Wildman–Crippen MR) is 134 cm³/mol. The van der Waals surface area contributed by atoms with Crippen molar-refractivity contribution in [3.8, 4) is 11.1 Å². The summed E-state index contributed by atoms with van der Waals surface area (Å²) in [7, 11) is -7.27. The van der Waals surface area contributed by atoms with Gasteiger partial charge in [0, 0.05) is 22.1 Å². The fourth-order valence-electron chi connectivity index (χ4n) is 5.19. The van der Waals surface area contributed by atoms with E-state index in [0.29, 0.717) is 40.6 Å². The second-order valence-corrected chi connectivity index (χ2v) is 13.8. The summed E-state index contributed by atoms with van der Waals surface area (Å²) in [6, 6.07) is 19.6. The number of fused-ring (bicyclic) bond motifs is 2. The van der Waals surface area contributed by atoms with Gasteiger partial charge in [0.1, 0.15) is 0 Å². The van der Waals surface area contributed by atoms with Gasteiger partial charge in [-0.3, -0.25) is 0 Å². The van der Waals surface area contributed by atoms with E-state index in [1.807, 2.05) is 0 Å². The predicted octanol–water partition coefficient (Wildman–Crippen LogP) is 5.82. The van der Waals surface area contributed by atoms with E-state index in [2.05, 4.69) is 0 Å². The maximum atomic E-state index is 13.6. The molecular formula is C25H23Cl2NO4S2. The van der Waals surface area contributed by atoms with E-state index in [4.69, 9.17) is 23.2 Å². The van der Waals surface area contributed by atoms with Crippen LogP contribution in [0.3, 0.4) is 0 Å². The van der Waals surface area contributed by atoms with Gasteiger partial charge in [0.2, 0.25) is 10.0 Å². The van der Waals surface area contributed by atoms with E-state index in [9.17, 15) is 16.8 Å². The fraction of sp³-hybridized carbons (Fsp3) is 0.280. The van der Waals surface area contributed by atoms with Crippen molar-refractivity contribution < 1.29 is 16.8 Å². The molecule has 0 spiro atoms. The quantitative estimate of drug-likeness (QED) is 0.412. The molecule has 0 N–H and O–H groups in total. The first-order valence-electron chi connectivity index (χ1n) is 11.1. The third kappa shape index (κ3) is 4.29. The van der Waals surface area contributed by atoms with Crippen LogP contribution in [-0.2, 0) is 19.9 Å². The molecule has 0 amide bonds. The minimum Gasteiger partial charge on any atom is -0.223 e. The van der Waals surface area contributed by atoms with E-state index in [-0.39, 0.29) is 17.0 Å². The van der Waals surface area contributed by atoms with Crippen LogP contribution in [0.2, 0.25) is 10.0 Å². The lowest BCUT2D eigenvalue weighted by molar-refractivity contribution is 0.249. The molecule has 5 nitrogen and oxygen atoms in total. The summed E-state index contributed by atoms with van der Waals surface area (Å²) in [4.78, 5) is 0.498. The van der Waals surface area contributed by atoms with Crippen LogP contribution in [0.1, 0.15) is 25.7 Å². The summed E-state index contributed by atoms with van der Waals surface area (Å²) in [5.74, 6) is 0. The zero-order chi connectivity index (χ0) is 24.1. The van der Waals surface area contributed by atoms with Crippen LogP contribution >= 0.6 is 23.2 Å². The molecule has 5 rings (SSSR count). The summed E-state index contributed by atoms with van der Waals surface area (Å²) < 4.78 is 55.0. The summed E-state index contributed by atoms with van der Waals surface area (Å²) in [6.07, 6.45) is 1.96. The second kappa shape index (κ2) is 8.95. The van der Waals surface area contributed by atoms with Gasteiger partial charge in [0.15, 0.2) is 9.84 Å². The fourth-order valence-corrected chi connectivity index (χ4v) is 9.48. The third-order valence-corrected chi connectivity index (χ3v) is 11.4. The average molecular weight is 537 g/mol. The summed E-state index contributed by atoms with van der Waals surface area (Å²) in [6.45, 7) is 0. The molecule has 0 aromatic heterocycles. The Morgan fingerprint density at radius 1 is 0.676 bits per heavy atom. The van der Waals surface area contributed by atoms with Gasteiger partial charge in [-0.1, -0.05) is 53.5 Å². The van der Waals surface area contributed by atoms with Gasteiger partial charge < -0.3 is 0 Å². The van der Waals surface area contributed by atoms with E-state index in [0.717, 1.165) is 11.1 Å². The molecule has 34 heavy (non-hydrogen) atoms. The van der Waals surface area contributed by atoms with E-state index >= 15 is 0 Å². The number of sulfone groups is 1. The van der Waals surface area contributed by atoms with Gasteiger partial charge in [-0.25, -0.2) is 16.8 Å². The highest BCUT2D eigenvalue weighted by Gasteiger charge is 2.50. The van der Waals surface area contributed by atoms with Crippen LogP contribution in [0.5, 0.6) is 0 Å². The molecule has 3 aromatic rings. The lowest BCUT2D eigenvalue weighted by Gasteiger charge is -2.37.